The van der Waals surface area contributed by atoms with E-state index in [9.17, 15) is 0 Å². The number of para-hydroxylation sites is 1. The highest BCUT2D eigenvalue weighted by Crippen LogP contribution is 2.14. The molecule has 0 saturated heterocycles. The summed E-state index contributed by atoms with van der Waals surface area (Å²) in [6.07, 6.45) is 0.578. The molecule has 3 N–H and O–H groups in total. The molecule has 0 aliphatic rings. The molecule has 0 fully saturated rings. The quantitative estimate of drug-likeness (QED) is 0.817. The van der Waals surface area contributed by atoms with E-state index in [1.54, 1.807) is 0 Å². The summed E-state index contributed by atoms with van der Waals surface area (Å²) in [6, 6.07) is 12.0. The predicted molar refractivity (Wildman–Crippen MR) is 65.1 cm³/mol. The molecule has 1 heterocycles. The molecule has 1 aromatic carbocycles. The summed E-state index contributed by atoms with van der Waals surface area (Å²) in [6.45, 7) is 1.78. The van der Waals surface area contributed by atoms with Gasteiger partial charge in [-0.05, 0) is 19.1 Å². The maximum atomic E-state index is 9.12. The van der Waals surface area contributed by atoms with Gasteiger partial charge in [-0.15, -0.1) is 0 Å². The molecule has 1 aromatic heterocycles. The van der Waals surface area contributed by atoms with Gasteiger partial charge in [-0.1, -0.05) is 24.3 Å². The molecule has 2 aromatic rings. The van der Waals surface area contributed by atoms with Crippen LogP contribution in [0.25, 0.3) is 10.9 Å². The number of hydrogen-bond donors (Lipinski definition) is 2. The smallest absolute Gasteiger partial charge is 0.0705 e. The summed E-state index contributed by atoms with van der Waals surface area (Å²) < 4.78 is 0. The van der Waals surface area contributed by atoms with Gasteiger partial charge in [0, 0.05) is 23.0 Å². The van der Waals surface area contributed by atoms with Gasteiger partial charge in [-0.3, -0.25) is 4.98 Å². The van der Waals surface area contributed by atoms with Crippen LogP contribution in [0.15, 0.2) is 36.4 Å². The molecular formula is C13H16N2O. The van der Waals surface area contributed by atoms with E-state index >= 15 is 0 Å². The first-order chi connectivity index (χ1) is 7.61. The first-order valence-electron chi connectivity index (χ1n) is 5.35. The Morgan fingerprint density at radius 2 is 2.00 bits per heavy atom. The Morgan fingerprint density at radius 3 is 2.75 bits per heavy atom. The molecule has 1 unspecified atom stereocenters. The summed E-state index contributed by atoms with van der Waals surface area (Å²) in [4.78, 5) is 4.52. The van der Waals surface area contributed by atoms with Crippen LogP contribution in [0, 0.1) is 0 Å². The lowest BCUT2D eigenvalue weighted by atomic mass is 9.98. The maximum absolute atomic E-state index is 9.12. The minimum absolute atomic E-state index is 0.0402. The van der Waals surface area contributed by atoms with Crippen molar-refractivity contribution in [1.29, 1.82) is 0 Å². The predicted octanol–water partition coefficient (Wildman–Crippen LogP) is 1.49. The van der Waals surface area contributed by atoms with Gasteiger partial charge < -0.3 is 10.8 Å². The van der Waals surface area contributed by atoms with E-state index in [2.05, 4.69) is 4.98 Å². The van der Waals surface area contributed by atoms with Gasteiger partial charge in [0.2, 0.25) is 0 Å². The molecule has 2 rings (SSSR count). The monoisotopic (exact) mass is 216 g/mol. The van der Waals surface area contributed by atoms with Crippen molar-refractivity contribution in [3.05, 3.63) is 42.1 Å². The fourth-order valence-electron chi connectivity index (χ4n) is 1.68. The largest absolute Gasteiger partial charge is 0.394 e. The van der Waals surface area contributed by atoms with Crippen LogP contribution in [-0.2, 0) is 6.42 Å². The van der Waals surface area contributed by atoms with Gasteiger partial charge in [0.25, 0.3) is 0 Å². The molecular weight excluding hydrogens is 200 g/mol. The minimum Gasteiger partial charge on any atom is -0.394 e. The van der Waals surface area contributed by atoms with Crippen molar-refractivity contribution in [1.82, 2.24) is 4.98 Å². The molecule has 0 bridgehead atoms. The summed E-state index contributed by atoms with van der Waals surface area (Å²) in [5.41, 5.74) is 7.18. The first-order valence-corrected chi connectivity index (χ1v) is 5.35. The van der Waals surface area contributed by atoms with Crippen molar-refractivity contribution in [2.75, 3.05) is 6.61 Å². The lowest BCUT2D eigenvalue weighted by Crippen LogP contribution is -2.42. The Kier molecular flexibility index (Phi) is 2.90. The Balaban J connectivity index is 2.33. The van der Waals surface area contributed by atoms with Crippen LogP contribution in [0.4, 0.5) is 0 Å². The number of fused-ring (bicyclic) bond motifs is 1. The highest BCUT2D eigenvalue weighted by Gasteiger charge is 2.18. The molecule has 1 atom stereocenters. The van der Waals surface area contributed by atoms with Crippen LogP contribution < -0.4 is 5.73 Å². The fraction of sp³-hybridized carbons (Fsp3) is 0.308. The zero-order valence-electron chi connectivity index (χ0n) is 9.35. The van der Waals surface area contributed by atoms with Crippen molar-refractivity contribution >= 4 is 10.9 Å². The van der Waals surface area contributed by atoms with Gasteiger partial charge in [0.1, 0.15) is 0 Å². The van der Waals surface area contributed by atoms with Crippen molar-refractivity contribution in [2.24, 2.45) is 5.73 Å². The average molecular weight is 216 g/mol. The molecule has 3 heteroatoms. The highest BCUT2D eigenvalue weighted by atomic mass is 16.3. The van der Waals surface area contributed by atoms with E-state index in [0.29, 0.717) is 6.42 Å². The molecule has 0 aliphatic carbocycles. The zero-order valence-corrected chi connectivity index (χ0v) is 9.35. The highest BCUT2D eigenvalue weighted by molar-refractivity contribution is 5.78. The van der Waals surface area contributed by atoms with E-state index in [-0.39, 0.29) is 6.61 Å². The number of benzene rings is 1. The van der Waals surface area contributed by atoms with E-state index < -0.39 is 5.54 Å². The molecule has 3 nitrogen and oxygen atoms in total. The summed E-state index contributed by atoms with van der Waals surface area (Å²) >= 11 is 0. The number of aliphatic hydroxyl groups excluding tert-OH is 1. The van der Waals surface area contributed by atoms with E-state index in [0.717, 1.165) is 16.6 Å². The summed E-state index contributed by atoms with van der Waals surface area (Å²) in [5, 5.41) is 10.2. The van der Waals surface area contributed by atoms with Crippen LogP contribution in [0.3, 0.4) is 0 Å². The maximum Gasteiger partial charge on any atom is 0.0705 e. The molecule has 16 heavy (non-hydrogen) atoms. The first kappa shape index (κ1) is 11.0. The second kappa shape index (κ2) is 4.20. The zero-order chi connectivity index (χ0) is 11.6. The van der Waals surface area contributed by atoms with E-state index in [4.69, 9.17) is 10.8 Å². The summed E-state index contributed by atoms with van der Waals surface area (Å²) in [5.74, 6) is 0. The molecule has 0 amide bonds. The molecule has 0 radical (unpaired) electrons. The Hall–Kier alpha value is -1.45. The van der Waals surface area contributed by atoms with Crippen molar-refractivity contribution < 1.29 is 5.11 Å². The van der Waals surface area contributed by atoms with Gasteiger partial charge in [-0.2, -0.15) is 0 Å². The fourth-order valence-corrected chi connectivity index (χ4v) is 1.68. The van der Waals surface area contributed by atoms with Gasteiger partial charge >= 0.3 is 0 Å². The number of rotatable bonds is 3. The SMILES string of the molecule is CC(N)(CO)Cc1ccc2ccccc2n1. The van der Waals surface area contributed by atoms with Crippen LogP contribution in [-0.4, -0.2) is 22.2 Å². The van der Waals surface area contributed by atoms with Gasteiger partial charge in [0.05, 0.1) is 12.1 Å². The number of pyridine rings is 1. The third-order valence-electron chi connectivity index (χ3n) is 2.60. The molecule has 0 aliphatic heterocycles. The lowest BCUT2D eigenvalue weighted by molar-refractivity contribution is 0.207. The number of nitrogens with two attached hydrogens (primary N) is 1. The van der Waals surface area contributed by atoms with E-state index in [1.807, 2.05) is 43.3 Å². The normalized spacial score (nSPS) is 14.9. The minimum atomic E-state index is -0.602. The standard InChI is InChI=1S/C13H16N2O/c1-13(14,9-16)8-11-7-6-10-4-2-3-5-12(10)15-11/h2-7,16H,8-9,14H2,1H3. The topological polar surface area (TPSA) is 59.1 Å². The number of nitrogens with zero attached hydrogens (tertiary/aromatic N) is 1. The van der Waals surface area contributed by atoms with Gasteiger partial charge in [-0.25, -0.2) is 0 Å². The second-order valence-corrected chi connectivity index (χ2v) is 4.48. The molecule has 0 saturated carbocycles. The number of aromatic nitrogens is 1. The Bertz CT molecular complexity index is 494. The van der Waals surface area contributed by atoms with Crippen LogP contribution in [0.5, 0.6) is 0 Å². The Morgan fingerprint density at radius 1 is 1.25 bits per heavy atom. The number of hydrogen-bond acceptors (Lipinski definition) is 3. The van der Waals surface area contributed by atoms with Crippen molar-refractivity contribution in [3.8, 4) is 0 Å². The van der Waals surface area contributed by atoms with Crippen LogP contribution in [0.1, 0.15) is 12.6 Å². The van der Waals surface area contributed by atoms with Gasteiger partial charge in [0.15, 0.2) is 0 Å². The lowest BCUT2D eigenvalue weighted by Gasteiger charge is -2.21. The second-order valence-electron chi connectivity index (χ2n) is 4.48. The van der Waals surface area contributed by atoms with Crippen molar-refractivity contribution in [3.63, 3.8) is 0 Å². The summed E-state index contributed by atoms with van der Waals surface area (Å²) in [7, 11) is 0. The van der Waals surface area contributed by atoms with Crippen LogP contribution in [0.2, 0.25) is 0 Å². The average Bonchev–Trinajstić information content (AvgIpc) is 2.28. The van der Waals surface area contributed by atoms with E-state index in [1.165, 1.54) is 0 Å². The molecule has 0 spiro atoms. The Labute approximate surface area is 94.9 Å². The van der Waals surface area contributed by atoms with Crippen LogP contribution >= 0.6 is 0 Å². The molecule has 84 valence electrons. The third kappa shape index (κ3) is 2.38. The van der Waals surface area contributed by atoms with Crippen molar-refractivity contribution in [2.45, 2.75) is 18.9 Å². The third-order valence-corrected chi connectivity index (χ3v) is 2.60. The number of aliphatic hydroxyl groups is 1.